The van der Waals surface area contributed by atoms with Gasteiger partial charge in [-0.1, -0.05) is 0 Å². The van der Waals surface area contributed by atoms with Crippen LogP contribution in [0.5, 0.6) is 0 Å². The Kier molecular flexibility index (Phi) is 2.31. The molecule has 0 atom stereocenters. The van der Waals surface area contributed by atoms with Gasteiger partial charge in [-0.05, 0) is 23.8 Å². The average molecular weight is 224 g/mol. The lowest BCUT2D eigenvalue weighted by molar-refractivity contribution is -0.202. The molecule has 0 saturated heterocycles. The van der Waals surface area contributed by atoms with Crippen molar-refractivity contribution in [1.29, 1.82) is 0 Å². The van der Waals surface area contributed by atoms with Crippen LogP contribution < -0.4 is 0 Å². The summed E-state index contributed by atoms with van der Waals surface area (Å²) in [5.41, 5.74) is 1.38. The van der Waals surface area contributed by atoms with E-state index in [-0.39, 0.29) is 5.97 Å². The summed E-state index contributed by atoms with van der Waals surface area (Å²) in [6.07, 6.45) is 0. The Morgan fingerprint density at radius 1 is 1.33 bits per heavy atom. The normalized spacial score (nSPS) is 19.8. The molecule has 0 saturated carbocycles. The van der Waals surface area contributed by atoms with E-state index in [9.17, 15) is 4.79 Å². The molecule has 1 aliphatic rings. The summed E-state index contributed by atoms with van der Waals surface area (Å²) in [6.45, 7) is 5.23. The third-order valence-electron chi connectivity index (χ3n) is 2.10. The summed E-state index contributed by atoms with van der Waals surface area (Å²) in [7, 11) is 0. The van der Waals surface area contributed by atoms with Gasteiger partial charge < -0.3 is 9.47 Å². The van der Waals surface area contributed by atoms with Crippen LogP contribution in [-0.2, 0) is 14.3 Å². The third-order valence-corrected chi connectivity index (χ3v) is 2.79. The molecular formula is C11H12O3S. The number of cyclic esters (lactones) is 1. The minimum Gasteiger partial charge on any atom is -0.457 e. The number of carbonyl (C=O) groups excluding carboxylic acids is 1. The Morgan fingerprint density at radius 2 is 2.07 bits per heavy atom. The van der Waals surface area contributed by atoms with Crippen LogP contribution in [0.4, 0.5) is 0 Å². The molecule has 0 unspecified atom stereocenters. The second kappa shape index (κ2) is 3.38. The smallest absolute Gasteiger partial charge is 0.345 e. The Bertz CT molecular complexity index is 415. The lowest BCUT2D eigenvalue weighted by Gasteiger charge is -2.32. The highest BCUT2D eigenvalue weighted by Crippen LogP contribution is 2.32. The highest BCUT2D eigenvalue weighted by Gasteiger charge is 2.34. The van der Waals surface area contributed by atoms with Crippen LogP contribution in [-0.4, -0.2) is 11.8 Å². The SMILES string of the molecule is CC1=C(c2ccsc2)C(=O)OC(C)(C)O1. The van der Waals surface area contributed by atoms with Crippen LogP contribution in [0.2, 0.25) is 0 Å². The molecular weight excluding hydrogens is 212 g/mol. The number of hydrogen-bond acceptors (Lipinski definition) is 4. The molecule has 4 heteroatoms. The lowest BCUT2D eigenvalue weighted by atomic mass is 10.1. The molecule has 2 heterocycles. The minimum absolute atomic E-state index is 0.317. The highest BCUT2D eigenvalue weighted by atomic mass is 32.1. The van der Waals surface area contributed by atoms with Gasteiger partial charge in [-0.3, -0.25) is 0 Å². The molecule has 3 nitrogen and oxygen atoms in total. The summed E-state index contributed by atoms with van der Waals surface area (Å²) in [4.78, 5) is 11.8. The zero-order valence-corrected chi connectivity index (χ0v) is 9.68. The second-order valence-electron chi connectivity index (χ2n) is 3.83. The number of hydrogen-bond donors (Lipinski definition) is 0. The summed E-state index contributed by atoms with van der Waals surface area (Å²) in [5.74, 6) is -0.558. The van der Waals surface area contributed by atoms with Crippen molar-refractivity contribution in [2.75, 3.05) is 0 Å². The van der Waals surface area contributed by atoms with Gasteiger partial charge in [0, 0.05) is 19.4 Å². The minimum atomic E-state index is -0.860. The molecule has 0 fully saturated rings. The number of rotatable bonds is 1. The summed E-state index contributed by atoms with van der Waals surface area (Å²) < 4.78 is 10.7. The predicted octanol–water partition coefficient (Wildman–Crippen LogP) is 2.79. The van der Waals surface area contributed by atoms with Crippen LogP contribution >= 0.6 is 11.3 Å². The van der Waals surface area contributed by atoms with Crippen molar-refractivity contribution in [1.82, 2.24) is 0 Å². The van der Waals surface area contributed by atoms with Gasteiger partial charge in [0.25, 0.3) is 0 Å². The maximum atomic E-state index is 11.8. The maximum Gasteiger partial charge on any atom is 0.345 e. The van der Waals surface area contributed by atoms with Crippen molar-refractivity contribution in [3.63, 3.8) is 0 Å². The summed E-state index contributed by atoms with van der Waals surface area (Å²) >= 11 is 1.54. The molecule has 0 radical (unpaired) electrons. The van der Waals surface area contributed by atoms with Crippen molar-refractivity contribution < 1.29 is 14.3 Å². The second-order valence-corrected chi connectivity index (χ2v) is 4.61. The molecule has 0 N–H and O–H groups in total. The molecule has 0 spiro atoms. The number of allylic oxidation sites excluding steroid dienone is 1. The standard InChI is InChI=1S/C11H12O3S/c1-7-9(8-4-5-15-6-8)10(12)14-11(2,3)13-7/h4-6H,1-3H3. The van der Waals surface area contributed by atoms with Gasteiger partial charge >= 0.3 is 5.97 Å². The van der Waals surface area contributed by atoms with Crippen LogP contribution in [0.25, 0.3) is 5.57 Å². The van der Waals surface area contributed by atoms with Crippen LogP contribution in [0.15, 0.2) is 22.6 Å². The van der Waals surface area contributed by atoms with Gasteiger partial charge in [0.1, 0.15) is 11.3 Å². The van der Waals surface area contributed by atoms with Crippen molar-refractivity contribution in [3.8, 4) is 0 Å². The zero-order chi connectivity index (χ0) is 11.1. The Labute approximate surface area is 92.3 Å². The number of esters is 1. The van der Waals surface area contributed by atoms with Gasteiger partial charge in [0.05, 0.1) is 0 Å². The number of carbonyl (C=O) groups is 1. The molecule has 80 valence electrons. The van der Waals surface area contributed by atoms with Crippen molar-refractivity contribution in [2.45, 2.75) is 26.6 Å². The van der Waals surface area contributed by atoms with Crippen LogP contribution in [0, 0.1) is 0 Å². The molecule has 0 aliphatic carbocycles. The first kappa shape index (κ1) is 10.2. The molecule has 15 heavy (non-hydrogen) atoms. The van der Waals surface area contributed by atoms with Crippen LogP contribution in [0.1, 0.15) is 26.3 Å². The van der Waals surface area contributed by atoms with Gasteiger partial charge in [-0.2, -0.15) is 11.3 Å². The fourth-order valence-electron chi connectivity index (χ4n) is 1.59. The van der Waals surface area contributed by atoms with Gasteiger partial charge in [-0.15, -0.1) is 0 Å². The quantitative estimate of drug-likeness (QED) is 0.688. The Morgan fingerprint density at radius 3 is 2.60 bits per heavy atom. The average Bonchev–Trinajstić information content (AvgIpc) is 2.52. The molecule has 1 aromatic rings. The molecule has 2 rings (SSSR count). The molecule has 0 aromatic carbocycles. The van der Waals surface area contributed by atoms with E-state index < -0.39 is 5.79 Å². The van der Waals surface area contributed by atoms with E-state index in [1.807, 2.05) is 16.8 Å². The van der Waals surface area contributed by atoms with E-state index in [4.69, 9.17) is 9.47 Å². The fraction of sp³-hybridized carbons (Fsp3) is 0.364. The van der Waals surface area contributed by atoms with Gasteiger partial charge in [0.2, 0.25) is 5.79 Å². The third kappa shape index (κ3) is 1.90. The molecule has 1 aromatic heterocycles. The maximum absolute atomic E-state index is 11.8. The van der Waals surface area contributed by atoms with E-state index in [1.54, 1.807) is 20.8 Å². The molecule has 1 aliphatic heterocycles. The largest absolute Gasteiger partial charge is 0.457 e. The van der Waals surface area contributed by atoms with Crippen LogP contribution in [0.3, 0.4) is 0 Å². The number of ether oxygens (including phenoxy) is 2. The van der Waals surface area contributed by atoms with E-state index in [0.29, 0.717) is 11.3 Å². The molecule has 0 bridgehead atoms. The van der Waals surface area contributed by atoms with Crippen molar-refractivity contribution in [3.05, 3.63) is 28.1 Å². The van der Waals surface area contributed by atoms with Crippen molar-refractivity contribution in [2.24, 2.45) is 0 Å². The lowest BCUT2D eigenvalue weighted by Crippen LogP contribution is -2.35. The first-order chi connectivity index (χ1) is 6.99. The zero-order valence-electron chi connectivity index (χ0n) is 8.87. The summed E-state index contributed by atoms with van der Waals surface area (Å²) in [5, 5.41) is 3.82. The first-order valence-electron chi connectivity index (χ1n) is 4.65. The van der Waals surface area contributed by atoms with E-state index >= 15 is 0 Å². The van der Waals surface area contributed by atoms with Crippen molar-refractivity contribution >= 4 is 22.9 Å². The Balaban J connectivity index is 2.44. The fourth-order valence-corrected chi connectivity index (χ4v) is 2.23. The first-order valence-corrected chi connectivity index (χ1v) is 5.60. The number of thiophene rings is 1. The predicted molar refractivity (Wildman–Crippen MR) is 58.2 cm³/mol. The van der Waals surface area contributed by atoms with E-state index in [1.165, 1.54) is 11.3 Å². The summed E-state index contributed by atoms with van der Waals surface area (Å²) in [6, 6.07) is 1.88. The van der Waals surface area contributed by atoms with Gasteiger partial charge in [-0.25, -0.2) is 4.79 Å². The topological polar surface area (TPSA) is 35.5 Å². The monoisotopic (exact) mass is 224 g/mol. The van der Waals surface area contributed by atoms with Gasteiger partial charge in [0.15, 0.2) is 0 Å². The van der Waals surface area contributed by atoms with E-state index in [0.717, 1.165) is 5.56 Å². The highest BCUT2D eigenvalue weighted by molar-refractivity contribution is 7.08. The molecule has 0 amide bonds. The Hall–Kier alpha value is -1.29. The van der Waals surface area contributed by atoms with E-state index in [2.05, 4.69) is 0 Å².